The summed E-state index contributed by atoms with van der Waals surface area (Å²) in [4.78, 5) is 42.7. The van der Waals surface area contributed by atoms with Gasteiger partial charge in [-0.15, -0.1) is 0 Å². The number of primary amides is 1. The standard InChI is InChI=1S/C19H19N7O4/c1-30-13-9-22-8-12-14(13)16(24-15(23-12)11-2-5-21-6-3-11)26-7-4-19(10-26,17(20)27)25-18(28)29/h2-3,5-6,8-9,25H,4,7,10H2,1H3,(H2,20,27)(H,28,29). The van der Waals surface area contributed by atoms with Crippen LogP contribution in [0, 0.1) is 0 Å². The lowest BCUT2D eigenvalue weighted by Gasteiger charge is -2.26. The monoisotopic (exact) mass is 409 g/mol. The zero-order valence-electron chi connectivity index (χ0n) is 16.1. The van der Waals surface area contributed by atoms with E-state index in [1.807, 2.05) is 0 Å². The molecule has 0 saturated carbocycles. The van der Waals surface area contributed by atoms with Gasteiger partial charge >= 0.3 is 6.09 Å². The van der Waals surface area contributed by atoms with Crippen molar-refractivity contribution in [3.8, 4) is 17.1 Å². The van der Waals surface area contributed by atoms with Crippen molar-refractivity contribution in [3.63, 3.8) is 0 Å². The summed E-state index contributed by atoms with van der Waals surface area (Å²) in [5, 5.41) is 12.1. The first-order valence-electron chi connectivity index (χ1n) is 9.09. The fourth-order valence-corrected chi connectivity index (χ4v) is 3.61. The van der Waals surface area contributed by atoms with Crippen LogP contribution < -0.4 is 20.7 Å². The van der Waals surface area contributed by atoms with Gasteiger partial charge in [0.1, 0.15) is 17.1 Å². The molecular weight excluding hydrogens is 390 g/mol. The van der Waals surface area contributed by atoms with Crippen molar-refractivity contribution in [2.75, 3.05) is 25.1 Å². The molecule has 3 aromatic rings. The molecule has 11 heteroatoms. The van der Waals surface area contributed by atoms with Gasteiger partial charge in [-0.3, -0.25) is 14.8 Å². The van der Waals surface area contributed by atoms with E-state index in [1.165, 1.54) is 7.11 Å². The number of hydrogen-bond donors (Lipinski definition) is 3. The lowest BCUT2D eigenvalue weighted by atomic mass is 9.98. The molecule has 154 valence electrons. The highest BCUT2D eigenvalue weighted by atomic mass is 16.5. The van der Waals surface area contributed by atoms with Crippen molar-refractivity contribution < 1.29 is 19.4 Å². The third-order valence-electron chi connectivity index (χ3n) is 5.10. The maximum atomic E-state index is 12.1. The van der Waals surface area contributed by atoms with Gasteiger partial charge in [0, 0.05) is 24.5 Å². The lowest BCUT2D eigenvalue weighted by Crippen LogP contribution is -2.58. The Morgan fingerprint density at radius 2 is 2.00 bits per heavy atom. The minimum atomic E-state index is -1.42. The molecule has 1 unspecified atom stereocenters. The molecule has 1 aliphatic rings. The summed E-state index contributed by atoms with van der Waals surface area (Å²) >= 11 is 0. The topological polar surface area (TPSA) is 156 Å². The van der Waals surface area contributed by atoms with E-state index in [1.54, 1.807) is 41.8 Å². The second-order valence-electron chi connectivity index (χ2n) is 6.89. The Bertz CT molecular complexity index is 1120. The van der Waals surface area contributed by atoms with Crippen molar-refractivity contribution in [1.29, 1.82) is 0 Å². The summed E-state index contributed by atoms with van der Waals surface area (Å²) in [5.41, 5.74) is 5.43. The fourth-order valence-electron chi connectivity index (χ4n) is 3.61. The number of pyridine rings is 2. The molecule has 0 spiro atoms. The van der Waals surface area contributed by atoms with Crippen molar-refractivity contribution in [3.05, 3.63) is 36.9 Å². The number of carbonyl (C=O) groups excluding carboxylic acids is 1. The highest BCUT2D eigenvalue weighted by Crippen LogP contribution is 2.36. The maximum absolute atomic E-state index is 12.1. The smallest absolute Gasteiger partial charge is 0.405 e. The van der Waals surface area contributed by atoms with Crippen LogP contribution in [0.3, 0.4) is 0 Å². The first kappa shape index (κ1) is 19.3. The van der Waals surface area contributed by atoms with Crippen molar-refractivity contribution in [2.24, 2.45) is 5.73 Å². The molecular formula is C19H19N7O4. The number of nitrogens with two attached hydrogens (primary N) is 1. The van der Waals surface area contributed by atoms with E-state index in [9.17, 15) is 14.7 Å². The van der Waals surface area contributed by atoms with Crippen LogP contribution in [0.1, 0.15) is 6.42 Å². The zero-order chi connectivity index (χ0) is 21.3. The molecule has 11 nitrogen and oxygen atoms in total. The Labute approximate surface area is 170 Å². The number of nitrogens with zero attached hydrogens (tertiary/aromatic N) is 5. The molecule has 1 atom stereocenters. The summed E-state index contributed by atoms with van der Waals surface area (Å²) in [5.74, 6) is 0.666. The number of hydrogen-bond acceptors (Lipinski definition) is 8. The SMILES string of the molecule is COc1cncc2nc(-c3ccncc3)nc(N3CCC(NC(=O)O)(C(N)=O)C3)c12. The van der Waals surface area contributed by atoms with Crippen LogP contribution in [0.4, 0.5) is 10.6 Å². The van der Waals surface area contributed by atoms with E-state index < -0.39 is 17.5 Å². The Morgan fingerprint density at radius 3 is 2.67 bits per heavy atom. The number of ether oxygens (including phenoxy) is 1. The highest BCUT2D eigenvalue weighted by molar-refractivity contribution is 5.97. The molecule has 1 aliphatic heterocycles. The van der Waals surface area contributed by atoms with E-state index in [0.29, 0.717) is 34.8 Å². The number of carboxylic acid groups (broad SMARTS) is 1. The number of amides is 2. The van der Waals surface area contributed by atoms with Crippen LogP contribution in [0.5, 0.6) is 5.75 Å². The third kappa shape index (κ3) is 3.30. The average molecular weight is 409 g/mol. The molecule has 0 aliphatic carbocycles. The molecule has 4 N–H and O–H groups in total. The van der Waals surface area contributed by atoms with Gasteiger partial charge in [0.05, 0.1) is 37.0 Å². The summed E-state index contributed by atoms with van der Waals surface area (Å²) in [6.45, 7) is 0.388. The summed E-state index contributed by atoms with van der Waals surface area (Å²) in [6, 6.07) is 3.56. The Morgan fingerprint density at radius 1 is 1.23 bits per heavy atom. The summed E-state index contributed by atoms with van der Waals surface area (Å²) in [7, 11) is 1.51. The molecule has 4 heterocycles. The van der Waals surface area contributed by atoms with E-state index in [0.717, 1.165) is 5.56 Å². The number of nitrogens with one attached hydrogen (secondary N) is 1. The van der Waals surface area contributed by atoms with Gasteiger partial charge in [-0.05, 0) is 18.6 Å². The predicted molar refractivity (Wildman–Crippen MR) is 107 cm³/mol. The number of fused-ring (bicyclic) bond motifs is 1. The van der Waals surface area contributed by atoms with Crippen molar-refractivity contribution >= 4 is 28.7 Å². The summed E-state index contributed by atoms with van der Waals surface area (Å²) in [6.07, 6.45) is 5.31. The van der Waals surface area contributed by atoms with Crippen LogP contribution in [-0.4, -0.2) is 62.8 Å². The molecule has 3 aromatic heterocycles. The molecule has 30 heavy (non-hydrogen) atoms. The number of carbonyl (C=O) groups is 2. The van der Waals surface area contributed by atoms with E-state index in [4.69, 9.17) is 15.5 Å². The van der Waals surface area contributed by atoms with Crippen LogP contribution in [0.2, 0.25) is 0 Å². The lowest BCUT2D eigenvalue weighted by molar-refractivity contribution is -0.123. The minimum absolute atomic E-state index is 0.0298. The normalized spacial score (nSPS) is 18.4. The average Bonchev–Trinajstić information content (AvgIpc) is 3.17. The maximum Gasteiger partial charge on any atom is 0.405 e. The van der Waals surface area contributed by atoms with E-state index in [-0.39, 0.29) is 13.0 Å². The molecule has 2 amide bonds. The van der Waals surface area contributed by atoms with Crippen LogP contribution in [0.15, 0.2) is 36.9 Å². The van der Waals surface area contributed by atoms with Gasteiger partial charge in [-0.25, -0.2) is 14.8 Å². The molecule has 0 aromatic carbocycles. The van der Waals surface area contributed by atoms with Crippen molar-refractivity contribution in [1.82, 2.24) is 25.3 Å². The number of methoxy groups -OCH3 is 1. The first-order valence-corrected chi connectivity index (χ1v) is 9.09. The van der Waals surface area contributed by atoms with E-state index in [2.05, 4.69) is 20.3 Å². The van der Waals surface area contributed by atoms with Gasteiger partial charge in [-0.1, -0.05) is 0 Å². The quantitative estimate of drug-likeness (QED) is 0.554. The minimum Gasteiger partial charge on any atom is -0.494 e. The zero-order valence-corrected chi connectivity index (χ0v) is 16.1. The Balaban J connectivity index is 1.87. The van der Waals surface area contributed by atoms with Gasteiger partial charge < -0.3 is 25.8 Å². The largest absolute Gasteiger partial charge is 0.494 e. The van der Waals surface area contributed by atoms with Gasteiger partial charge in [0.15, 0.2) is 5.82 Å². The third-order valence-corrected chi connectivity index (χ3v) is 5.10. The fraction of sp³-hybridized carbons (Fsp3) is 0.263. The second kappa shape index (κ2) is 7.43. The van der Waals surface area contributed by atoms with Crippen LogP contribution >= 0.6 is 0 Å². The van der Waals surface area contributed by atoms with Gasteiger partial charge in [0.25, 0.3) is 0 Å². The van der Waals surface area contributed by atoms with Crippen LogP contribution in [0.25, 0.3) is 22.3 Å². The highest BCUT2D eigenvalue weighted by Gasteiger charge is 2.45. The summed E-state index contributed by atoms with van der Waals surface area (Å²) < 4.78 is 5.46. The second-order valence-corrected chi connectivity index (χ2v) is 6.89. The van der Waals surface area contributed by atoms with Gasteiger partial charge in [0.2, 0.25) is 5.91 Å². The molecule has 0 radical (unpaired) electrons. The number of anilines is 1. The van der Waals surface area contributed by atoms with E-state index >= 15 is 0 Å². The van der Waals surface area contributed by atoms with Crippen molar-refractivity contribution in [2.45, 2.75) is 12.0 Å². The first-order chi connectivity index (χ1) is 14.4. The molecule has 1 fully saturated rings. The van der Waals surface area contributed by atoms with Crippen LogP contribution in [-0.2, 0) is 4.79 Å². The van der Waals surface area contributed by atoms with Gasteiger partial charge in [-0.2, -0.15) is 0 Å². The number of aromatic nitrogens is 4. The predicted octanol–water partition coefficient (Wildman–Crippen LogP) is 0.797. The molecule has 4 rings (SSSR count). The Hall–Kier alpha value is -4.02. The molecule has 0 bridgehead atoms. The number of rotatable bonds is 5. The molecule has 1 saturated heterocycles. The Kier molecular flexibility index (Phi) is 4.78.